The predicted octanol–water partition coefficient (Wildman–Crippen LogP) is 3.88. The molecule has 4 rings (SSSR count). The van der Waals surface area contributed by atoms with E-state index in [1.165, 1.54) is 0 Å². The van der Waals surface area contributed by atoms with Gasteiger partial charge in [-0.1, -0.05) is 6.07 Å². The van der Waals surface area contributed by atoms with Gasteiger partial charge in [0, 0.05) is 35.1 Å². The van der Waals surface area contributed by atoms with E-state index in [1.54, 1.807) is 44.4 Å². The number of Topliss-reactive ketones (excluding diaryl/α,β-unsaturated/α-hetero) is 1. The lowest BCUT2D eigenvalue weighted by Gasteiger charge is -2.13. The van der Waals surface area contributed by atoms with E-state index in [9.17, 15) is 13.2 Å². The number of rotatable bonds is 7. The summed E-state index contributed by atoms with van der Waals surface area (Å²) >= 11 is 0. The number of carbonyl (C=O) groups excluding carboxylic acids is 1. The van der Waals surface area contributed by atoms with Gasteiger partial charge in [-0.2, -0.15) is 0 Å². The summed E-state index contributed by atoms with van der Waals surface area (Å²) in [5, 5.41) is 0.799. The van der Waals surface area contributed by atoms with Crippen LogP contribution in [-0.4, -0.2) is 32.9 Å². The fourth-order valence-corrected chi connectivity index (χ4v) is 5.35. The first-order chi connectivity index (χ1) is 14.8. The molecule has 164 valence electrons. The van der Waals surface area contributed by atoms with Gasteiger partial charge in [-0.05, 0) is 62.1 Å². The van der Waals surface area contributed by atoms with Gasteiger partial charge < -0.3 is 14.5 Å². The standard InChI is InChI=1S/C23H26N2O5S/c1-4-30-20-9-8-15(11-21(20)29-3)13-24-31(27,28)22-12-18-16(10-14(22)2)23-17(25-18)6-5-7-19(23)26/h8-12,24-25H,4-7,13H2,1-3H3. The van der Waals surface area contributed by atoms with Crippen molar-refractivity contribution in [3.63, 3.8) is 0 Å². The number of ether oxygens (including phenoxy) is 2. The average Bonchev–Trinajstić information content (AvgIpc) is 3.11. The molecule has 7 nitrogen and oxygen atoms in total. The van der Waals surface area contributed by atoms with Crippen molar-refractivity contribution in [2.45, 2.75) is 44.6 Å². The molecule has 8 heteroatoms. The number of hydrogen-bond donors (Lipinski definition) is 2. The van der Waals surface area contributed by atoms with Crippen molar-refractivity contribution in [2.75, 3.05) is 13.7 Å². The Morgan fingerprint density at radius 1 is 1.13 bits per heavy atom. The van der Waals surface area contributed by atoms with Crippen LogP contribution in [0.1, 0.15) is 46.9 Å². The Labute approximate surface area is 181 Å². The van der Waals surface area contributed by atoms with E-state index in [-0.39, 0.29) is 17.2 Å². The Morgan fingerprint density at radius 3 is 2.68 bits per heavy atom. The fraction of sp³-hybridized carbons (Fsp3) is 0.348. The third kappa shape index (κ3) is 4.05. The molecule has 0 saturated carbocycles. The molecule has 0 radical (unpaired) electrons. The molecule has 1 heterocycles. The number of carbonyl (C=O) groups is 1. The molecule has 1 aliphatic carbocycles. The topological polar surface area (TPSA) is 97.5 Å². The number of aromatic amines is 1. The van der Waals surface area contributed by atoms with Gasteiger partial charge in [0.1, 0.15) is 0 Å². The summed E-state index contributed by atoms with van der Waals surface area (Å²) in [6.45, 7) is 4.26. The molecule has 0 atom stereocenters. The molecule has 0 bridgehead atoms. The zero-order chi connectivity index (χ0) is 22.2. The molecule has 0 saturated heterocycles. The average molecular weight is 443 g/mol. The second-order valence-electron chi connectivity index (χ2n) is 7.66. The number of sulfonamides is 1. The van der Waals surface area contributed by atoms with Crippen molar-refractivity contribution in [3.8, 4) is 11.5 Å². The number of nitrogens with one attached hydrogen (secondary N) is 2. The Balaban J connectivity index is 1.62. The van der Waals surface area contributed by atoms with Crippen LogP contribution in [0.25, 0.3) is 10.9 Å². The van der Waals surface area contributed by atoms with Crippen LogP contribution in [0.15, 0.2) is 35.2 Å². The Hall–Kier alpha value is -2.84. The zero-order valence-corrected chi connectivity index (χ0v) is 18.7. The summed E-state index contributed by atoms with van der Waals surface area (Å²) in [4.78, 5) is 15.8. The minimum absolute atomic E-state index is 0.113. The van der Waals surface area contributed by atoms with Crippen LogP contribution in [0.3, 0.4) is 0 Å². The molecule has 0 aliphatic heterocycles. The number of fused-ring (bicyclic) bond motifs is 3. The first-order valence-electron chi connectivity index (χ1n) is 10.3. The fourth-order valence-electron chi connectivity index (χ4n) is 4.08. The molecule has 1 aliphatic rings. The number of aromatic nitrogens is 1. The van der Waals surface area contributed by atoms with Crippen LogP contribution in [0.4, 0.5) is 0 Å². The minimum Gasteiger partial charge on any atom is -0.493 e. The number of ketones is 1. The SMILES string of the molecule is CCOc1ccc(CNS(=O)(=O)c2cc3[nH]c4c(c3cc2C)C(=O)CCC4)cc1OC. The van der Waals surface area contributed by atoms with E-state index < -0.39 is 10.0 Å². The van der Waals surface area contributed by atoms with Gasteiger partial charge in [0.25, 0.3) is 0 Å². The van der Waals surface area contributed by atoms with Crippen LogP contribution in [0, 0.1) is 6.92 Å². The smallest absolute Gasteiger partial charge is 0.241 e. The van der Waals surface area contributed by atoms with Crippen molar-refractivity contribution < 1.29 is 22.7 Å². The van der Waals surface area contributed by atoms with Gasteiger partial charge in [0.05, 0.1) is 18.6 Å². The van der Waals surface area contributed by atoms with Crippen molar-refractivity contribution in [1.29, 1.82) is 0 Å². The molecule has 31 heavy (non-hydrogen) atoms. The van der Waals surface area contributed by atoms with Crippen LogP contribution in [0.5, 0.6) is 11.5 Å². The second-order valence-corrected chi connectivity index (χ2v) is 9.40. The van der Waals surface area contributed by atoms with E-state index in [0.29, 0.717) is 41.2 Å². The summed E-state index contributed by atoms with van der Waals surface area (Å²) in [5.41, 5.74) is 3.64. The summed E-state index contributed by atoms with van der Waals surface area (Å²) in [6.07, 6.45) is 2.15. The number of benzene rings is 2. The maximum Gasteiger partial charge on any atom is 0.241 e. The molecule has 0 fully saturated rings. The Bertz CT molecular complexity index is 1260. The van der Waals surface area contributed by atoms with Gasteiger partial charge in [0.2, 0.25) is 10.0 Å². The normalized spacial score (nSPS) is 14.0. The molecular formula is C23H26N2O5S. The predicted molar refractivity (Wildman–Crippen MR) is 118 cm³/mol. The van der Waals surface area contributed by atoms with E-state index in [0.717, 1.165) is 29.5 Å². The number of H-pyrrole nitrogens is 1. The monoisotopic (exact) mass is 442 g/mol. The molecule has 2 N–H and O–H groups in total. The van der Waals surface area contributed by atoms with Crippen molar-refractivity contribution in [3.05, 3.63) is 52.7 Å². The van der Waals surface area contributed by atoms with Crippen LogP contribution in [0.2, 0.25) is 0 Å². The Morgan fingerprint density at radius 2 is 1.94 bits per heavy atom. The molecule has 3 aromatic rings. The van der Waals surface area contributed by atoms with E-state index in [4.69, 9.17) is 9.47 Å². The van der Waals surface area contributed by atoms with Crippen molar-refractivity contribution >= 4 is 26.7 Å². The highest BCUT2D eigenvalue weighted by Gasteiger charge is 2.25. The van der Waals surface area contributed by atoms with Gasteiger partial charge in [-0.3, -0.25) is 4.79 Å². The largest absolute Gasteiger partial charge is 0.493 e. The molecule has 1 aromatic heterocycles. The van der Waals surface area contributed by atoms with Gasteiger partial charge in [-0.15, -0.1) is 0 Å². The molecule has 0 spiro atoms. The highest BCUT2D eigenvalue weighted by Crippen LogP contribution is 2.32. The summed E-state index contributed by atoms with van der Waals surface area (Å²) in [7, 11) is -2.22. The molecule has 2 aromatic carbocycles. The lowest BCUT2D eigenvalue weighted by molar-refractivity contribution is 0.0974. The van der Waals surface area contributed by atoms with Crippen LogP contribution < -0.4 is 14.2 Å². The highest BCUT2D eigenvalue weighted by molar-refractivity contribution is 7.89. The maximum absolute atomic E-state index is 13.1. The van der Waals surface area contributed by atoms with E-state index in [1.807, 2.05) is 6.92 Å². The summed E-state index contributed by atoms with van der Waals surface area (Å²) < 4.78 is 39.6. The maximum atomic E-state index is 13.1. The molecule has 0 amide bonds. The van der Waals surface area contributed by atoms with Crippen molar-refractivity contribution in [2.24, 2.45) is 0 Å². The third-order valence-electron chi connectivity index (χ3n) is 5.56. The quantitative estimate of drug-likeness (QED) is 0.579. The lowest BCUT2D eigenvalue weighted by atomic mass is 9.94. The number of hydrogen-bond acceptors (Lipinski definition) is 5. The zero-order valence-electron chi connectivity index (χ0n) is 17.9. The molecular weight excluding hydrogens is 416 g/mol. The molecule has 0 unspecified atom stereocenters. The van der Waals surface area contributed by atoms with Crippen LogP contribution in [-0.2, 0) is 23.0 Å². The first-order valence-corrected chi connectivity index (χ1v) is 11.8. The van der Waals surface area contributed by atoms with Gasteiger partial charge >= 0.3 is 0 Å². The first kappa shape index (κ1) is 21.4. The number of methoxy groups -OCH3 is 1. The van der Waals surface area contributed by atoms with E-state index in [2.05, 4.69) is 9.71 Å². The summed E-state index contributed by atoms with van der Waals surface area (Å²) in [5.74, 6) is 1.28. The van der Waals surface area contributed by atoms with Crippen LogP contribution >= 0.6 is 0 Å². The lowest BCUT2D eigenvalue weighted by Crippen LogP contribution is -2.24. The third-order valence-corrected chi connectivity index (χ3v) is 7.11. The van der Waals surface area contributed by atoms with Gasteiger partial charge in [-0.25, -0.2) is 13.1 Å². The second kappa shape index (κ2) is 8.36. The minimum atomic E-state index is -3.76. The highest BCUT2D eigenvalue weighted by atomic mass is 32.2. The van der Waals surface area contributed by atoms with E-state index >= 15 is 0 Å². The van der Waals surface area contributed by atoms with Gasteiger partial charge in [0.15, 0.2) is 17.3 Å². The van der Waals surface area contributed by atoms with Crippen molar-refractivity contribution in [1.82, 2.24) is 9.71 Å². The Kier molecular flexibility index (Phi) is 5.77. The summed E-state index contributed by atoms with van der Waals surface area (Å²) in [6, 6.07) is 8.74. The number of aryl methyl sites for hydroxylation is 2.